The molecular formula is C14H10N4O2. The summed E-state index contributed by atoms with van der Waals surface area (Å²) in [5, 5.41) is 20.1. The quantitative estimate of drug-likeness (QED) is 0.784. The second-order valence-electron chi connectivity index (χ2n) is 4.19. The van der Waals surface area contributed by atoms with E-state index < -0.39 is 5.97 Å². The largest absolute Gasteiger partial charge is 0.478 e. The molecule has 0 saturated heterocycles. The summed E-state index contributed by atoms with van der Waals surface area (Å²) in [6, 6.07) is 14.6. The molecule has 0 unspecified atom stereocenters. The maximum atomic E-state index is 11.2. The molecule has 0 spiro atoms. The Morgan fingerprint density at radius 2 is 1.85 bits per heavy atom. The van der Waals surface area contributed by atoms with Crippen molar-refractivity contribution in [1.29, 1.82) is 0 Å². The number of tetrazole rings is 1. The van der Waals surface area contributed by atoms with Gasteiger partial charge in [-0.1, -0.05) is 30.3 Å². The number of carboxylic acids is 1. The summed E-state index contributed by atoms with van der Waals surface area (Å²) in [5.41, 5.74) is 2.53. The third kappa shape index (κ3) is 2.26. The Morgan fingerprint density at radius 3 is 2.50 bits per heavy atom. The van der Waals surface area contributed by atoms with Crippen LogP contribution in [0.1, 0.15) is 10.4 Å². The number of rotatable bonds is 3. The van der Waals surface area contributed by atoms with E-state index in [-0.39, 0.29) is 5.56 Å². The first-order valence-electron chi connectivity index (χ1n) is 5.91. The van der Waals surface area contributed by atoms with Gasteiger partial charge in [-0.2, -0.15) is 0 Å². The van der Waals surface area contributed by atoms with Crippen LogP contribution in [0.3, 0.4) is 0 Å². The molecule has 98 valence electrons. The summed E-state index contributed by atoms with van der Waals surface area (Å²) in [5.74, 6) is -0.989. The summed E-state index contributed by atoms with van der Waals surface area (Å²) in [7, 11) is 0. The minimum atomic E-state index is -0.989. The van der Waals surface area contributed by atoms with Gasteiger partial charge in [0.05, 0.1) is 11.3 Å². The lowest BCUT2D eigenvalue weighted by molar-refractivity contribution is 0.0697. The van der Waals surface area contributed by atoms with Gasteiger partial charge in [-0.3, -0.25) is 0 Å². The number of benzene rings is 2. The Morgan fingerprint density at radius 1 is 1.05 bits per heavy atom. The predicted molar refractivity (Wildman–Crippen MR) is 71.5 cm³/mol. The van der Waals surface area contributed by atoms with E-state index >= 15 is 0 Å². The van der Waals surface area contributed by atoms with Gasteiger partial charge in [0, 0.05) is 0 Å². The molecular weight excluding hydrogens is 256 g/mol. The highest BCUT2D eigenvalue weighted by molar-refractivity contribution is 5.90. The molecule has 0 fully saturated rings. The van der Waals surface area contributed by atoms with Crippen molar-refractivity contribution in [3.05, 3.63) is 60.4 Å². The second-order valence-corrected chi connectivity index (χ2v) is 4.19. The van der Waals surface area contributed by atoms with E-state index in [0.717, 1.165) is 11.1 Å². The summed E-state index contributed by atoms with van der Waals surface area (Å²) < 4.78 is 1.43. The zero-order chi connectivity index (χ0) is 13.9. The minimum absolute atomic E-state index is 0.192. The van der Waals surface area contributed by atoms with Crippen LogP contribution in [0.25, 0.3) is 16.8 Å². The molecule has 2 aromatic carbocycles. The van der Waals surface area contributed by atoms with Crippen molar-refractivity contribution in [2.75, 3.05) is 0 Å². The molecule has 1 N–H and O–H groups in total. The van der Waals surface area contributed by atoms with Crippen LogP contribution in [0.15, 0.2) is 54.9 Å². The highest BCUT2D eigenvalue weighted by Crippen LogP contribution is 2.23. The maximum Gasteiger partial charge on any atom is 0.335 e. The third-order valence-corrected chi connectivity index (χ3v) is 2.89. The lowest BCUT2D eigenvalue weighted by Crippen LogP contribution is -2.02. The van der Waals surface area contributed by atoms with Crippen LogP contribution in [0.2, 0.25) is 0 Å². The van der Waals surface area contributed by atoms with Gasteiger partial charge in [-0.05, 0) is 39.8 Å². The van der Waals surface area contributed by atoms with Gasteiger partial charge in [0.15, 0.2) is 0 Å². The fourth-order valence-electron chi connectivity index (χ4n) is 1.94. The van der Waals surface area contributed by atoms with Crippen LogP contribution >= 0.6 is 0 Å². The molecule has 0 aliphatic rings. The second kappa shape index (κ2) is 4.93. The van der Waals surface area contributed by atoms with Crippen molar-refractivity contribution in [3.63, 3.8) is 0 Å². The van der Waals surface area contributed by atoms with Crippen LogP contribution in [-0.2, 0) is 0 Å². The Balaban J connectivity index is 2.18. The molecule has 6 heteroatoms. The molecule has 0 aliphatic heterocycles. The number of nitrogens with zero attached hydrogens (tertiary/aromatic N) is 4. The highest BCUT2D eigenvalue weighted by Gasteiger charge is 2.10. The third-order valence-electron chi connectivity index (χ3n) is 2.89. The van der Waals surface area contributed by atoms with E-state index in [1.807, 2.05) is 36.4 Å². The summed E-state index contributed by atoms with van der Waals surface area (Å²) in [6.45, 7) is 0. The molecule has 20 heavy (non-hydrogen) atoms. The van der Waals surface area contributed by atoms with Crippen LogP contribution in [0.4, 0.5) is 0 Å². The number of carbonyl (C=O) groups is 1. The number of aromatic carboxylic acids is 1. The van der Waals surface area contributed by atoms with E-state index in [4.69, 9.17) is 0 Å². The van der Waals surface area contributed by atoms with Gasteiger partial charge in [0.2, 0.25) is 0 Å². The number of hydrogen-bond acceptors (Lipinski definition) is 4. The Bertz CT molecular complexity index is 739. The average Bonchev–Trinajstić information content (AvgIpc) is 3.02. The first kappa shape index (κ1) is 12.0. The fraction of sp³-hybridized carbons (Fsp3) is 0. The molecule has 3 rings (SSSR count). The van der Waals surface area contributed by atoms with Gasteiger partial charge in [-0.25, -0.2) is 9.48 Å². The average molecular weight is 266 g/mol. The van der Waals surface area contributed by atoms with Crippen molar-refractivity contribution in [2.24, 2.45) is 0 Å². The maximum absolute atomic E-state index is 11.2. The first-order chi connectivity index (χ1) is 9.74. The standard InChI is InChI=1S/C14H10N4O2/c19-14(20)12-6-11(10-4-2-1-3-5-10)7-13(8-12)18-9-15-16-17-18/h1-9H,(H,19,20). The molecule has 0 bridgehead atoms. The van der Waals surface area contributed by atoms with Crippen LogP contribution < -0.4 is 0 Å². The smallest absolute Gasteiger partial charge is 0.335 e. The first-order valence-corrected chi connectivity index (χ1v) is 5.91. The monoisotopic (exact) mass is 266 g/mol. The van der Waals surface area contributed by atoms with Gasteiger partial charge in [0.1, 0.15) is 6.33 Å². The topological polar surface area (TPSA) is 80.9 Å². The molecule has 0 amide bonds. The van der Waals surface area contributed by atoms with Crippen LogP contribution in [-0.4, -0.2) is 31.3 Å². The Labute approximate surface area is 114 Å². The molecule has 0 saturated carbocycles. The zero-order valence-electron chi connectivity index (χ0n) is 10.3. The number of carboxylic acid groups (broad SMARTS) is 1. The van der Waals surface area contributed by atoms with E-state index in [9.17, 15) is 9.90 Å². The molecule has 3 aromatic rings. The highest BCUT2D eigenvalue weighted by atomic mass is 16.4. The number of aromatic nitrogens is 4. The van der Waals surface area contributed by atoms with E-state index in [0.29, 0.717) is 5.69 Å². The van der Waals surface area contributed by atoms with Crippen molar-refractivity contribution in [2.45, 2.75) is 0 Å². The lowest BCUT2D eigenvalue weighted by atomic mass is 10.0. The van der Waals surface area contributed by atoms with E-state index in [1.54, 1.807) is 6.07 Å². The molecule has 0 aliphatic carbocycles. The van der Waals surface area contributed by atoms with Crippen molar-refractivity contribution in [3.8, 4) is 16.8 Å². The van der Waals surface area contributed by atoms with Gasteiger partial charge in [0.25, 0.3) is 0 Å². The van der Waals surface area contributed by atoms with E-state index in [1.165, 1.54) is 17.1 Å². The normalized spacial score (nSPS) is 10.4. The van der Waals surface area contributed by atoms with Gasteiger partial charge < -0.3 is 5.11 Å². The Hall–Kier alpha value is -3.02. The zero-order valence-corrected chi connectivity index (χ0v) is 10.3. The molecule has 1 heterocycles. The van der Waals surface area contributed by atoms with Crippen LogP contribution in [0, 0.1) is 0 Å². The minimum Gasteiger partial charge on any atom is -0.478 e. The summed E-state index contributed by atoms with van der Waals surface area (Å²) in [4.78, 5) is 11.2. The molecule has 0 radical (unpaired) electrons. The molecule has 1 aromatic heterocycles. The lowest BCUT2D eigenvalue weighted by Gasteiger charge is -2.07. The molecule has 6 nitrogen and oxygen atoms in total. The van der Waals surface area contributed by atoms with Crippen LogP contribution in [0.5, 0.6) is 0 Å². The van der Waals surface area contributed by atoms with E-state index in [2.05, 4.69) is 15.5 Å². The summed E-state index contributed by atoms with van der Waals surface area (Å²) in [6.07, 6.45) is 1.43. The van der Waals surface area contributed by atoms with Gasteiger partial charge >= 0.3 is 5.97 Å². The SMILES string of the molecule is O=C(O)c1cc(-c2ccccc2)cc(-n2cnnn2)c1. The van der Waals surface area contributed by atoms with Gasteiger partial charge in [-0.15, -0.1) is 5.10 Å². The number of hydrogen-bond donors (Lipinski definition) is 1. The predicted octanol–water partition coefficient (Wildman–Crippen LogP) is 2.03. The van der Waals surface area contributed by atoms with Crippen molar-refractivity contribution >= 4 is 5.97 Å². The molecule has 0 atom stereocenters. The van der Waals surface area contributed by atoms with Crippen molar-refractivity contribution < 1.29 is 9.90 Å². The fourth-order valence-corrected chi connectivity index (χ4v) is 1.94. The Kier molecular flexibility index (Phi) is 2.96. The van der Waals surface area contributed by atoms with Crippen molar-refractivity contribution in [1.82, 2.24) is 20.2 Å². The summed E-state index contributed by atoms with van der Waals surface area (Å²) >= 11 is 0.